The summed E-state index contributed by atoms with van der Waals surface area (Å²) in [5.74, 6) is -0.161. The van der Waals surface area contributed by atoms with Crippen LogP contribution in [0.25, 0.3) is 0 Å². The second kappa shape index (κ2) is 4.49. The number of aromatic nitrogens is 1. The van der Waals surface area contributed by atoms with E-state index in [1.165, 1.54) is 10.6 Å². The Morgan fingerprint density at radius 3 is 2.62 bits per heavy atom. The zero-order chi connectivity index (χ0) is 12.3. The van der Waals surface area contributed by atoms with Gasteiger partial charge in [0.1, 0.15) is 0 Å². The molecule has 0 spiro atoms. The van der Waals surface area contributed by atoms with Gasteiger partial charge in [0, 0.05) is 31.3 Å². The highest BCUT2D eigenvalue weighted by molar-refractivity contribution is 5.91. The molecule has 0 atom stereocenters. The molecular weight excluding hydrogens is 206 g/mol. The third kappa shape index (κ3) is 3.86. The summed E-state index contributed by atoms with van der Waals surface area (Å²) in [6, 6.07) is 2.98. The first-order valence-electron chi connectivity index (χ1n) is 5.03. The number of nitrogens with two attached hydrogens (primary N) is 1. The largest absolute Gasteiger partial charge is 0.325 e. The Bertz CT molecular complexity index is 443. The molecule has 88 valence electrons. The number of amides is 1. The Morgan fingerprint density at radius 1 is 1.50 bits per heavy atom. The van der Waals surface area contributed by atoms with Crippen molar-refractivity contribution in [1.82, 2.24) is 4.57 Å². The fraction of sp³-hybridized carbons (Fsp3) is 0.455. The smallest absolute Gasteiger partial charge is 0.250 e. The number of hydrogen-bond acceptors (Lipinski definition) is 3. The average molecular weight is 223 g/mol. The van der Waals surface area contributed by atoms with Crippen LogP contribution in [0.4, 0.5) is 5.69 Å². The van der Waals surface area contributed by atoms with E-state index in [9.17, 15) is 9.59 Å². The molecular formula is C11H17N3O2. The van der Waals surface area contributed by atoms with E-state index in [1.807, 2.05) is 0 Å². The molecule has 0 saturated heterocycles. The summed E-state index contributed by atoms with van der Waals surface area (Å²) in [7, 11) is 1.63. The van der Waals surface area contributed by atoms with Crippen molar-refractivity contribution in [3.8, 4) is 0 Å². The van der Waals surface area contributed by atoms with Gasteiger partial charge in [0.15, 0.2) is 0 Å². The van der Waals surface area contributed by atoms with Crippen LogP contribution >= 0.6 is 0 Å². The minimum Gasteiger partial charge on any atom is -0.325 e. The van der Waals surface area contributed by atoms with E-state index in [0.29, 0.717) is 5.69 Å². The molecule has 1 heterocycles. The van der Waals surface area contributed by atoms with Gasteiger partial charge in [0.05, 0.1) is 5.69 Å². The number of rotatable bonds is 3. The maximum absolute atomic E-state index is 11.5. The number of hydrogen-bond donors (Lipinski definition) is 2. The van der Waals surface area contributed by atoms with Gasteiger partial charge < -0.3 is 15.6 Å². The minimum atomic E-state index is -0.537. The lowest BCUT2D eigenvalue weighted by atomic mass is 10.0. The molecule has 0 aliphatic carbocycles. The van der Waals surface area contributed by atoms with Gasteiger partial charge in [-0.05, 0) is 19.9 Å². The Kier molecular flexibility index (Phi) is 3.49. The van der Waals surface area contributed by atoms with Crippen molar-refractivity contribution in [1.29, 1.82) is 0 Å². The number of nitrogens with zero attached hydrogens (tertiary/aromatic N) is 1. The summed E-state index contributed by atoms with van der Waals surface area (Å²) >= 11 is 0. The highest BCUT2D eigenvalue weighted by Crippen LogP contribution is 2.08. The molecule has 0 aliphatic rings. The van der Waals surface area contributed by atoms with Crippen LogP contribution < -0.4 is 16.6 Å². The van der Waals surface area contributed by atoms with Gasteiger partial charge >= 0.3 is 0 Å². The fourth-order valence-corrected chi connectivity index (χ4v) is 1.29. The van der Waals surface area contributed by atoms with E-state index in [-0.39, 0.29) is 17.9 Å². The maximum atomic E-state index is 11.5. The van der Waals surface area contributed by atoms with Crippen molar-refractivity contribution >= 4 is 11.6 Å². The van der Waals surface area contributed by atoms with Crippen molar-refractivity contribution in [2.45, 2.75) is 25.8 Å². The first-order chi connectivity index (χ1) is 7.28. The van der Waals surface area contributed by atoms with Crippen LogP contribution in [0.3, 0.4) is 0 Å². The summed E-state index contributed by atoms with van der Waals surface area (Å²) in [6.45, 7) is 3.57. The van der Waals surface area contributed by atoms with Crippen LogP contribution in [-0.4, -0.2) is 16.0 Å². The molecule has 0 bridgehead atoms. The summed E-state index contributed by atoms with van der Waals surface area (Å²) in [5, 5.41) is 2.69. The molecule has 0 aliphatic heterocycles. The van der Waals surface area contributed by atoms with Crippen LogP contribution in [0.15, 0.2) is 23.1 Å². The average Bonchev–Trinajstić information content (AvgIpc) is 2.08. The van der Waals surface area contributed by atoms with E-state index in [4.69, 9.17) is 5.73 Å². The number of carbonyl (C=O) groups is 1. The molecule has 5 nitrogen and oxygen atoms in total. The highest BCUT2D eigenvalue weighted by atomic mass is 16.1. The number of pyridine rings is 1. The van der Waals surface area contributed by atoms with Crippen molar-refractivity contribution in [2.24, 2.45) is 12.8 Å². The standard InChI is InChI=1S/C11H17N3O2/c1-11(2,12)6-9(15)13-8-4-5-10(16)14(3)7-8/h4-5,7H,6,12H2,1-3H3,(H,13,15). The molecule has 0 aromatic carbocycles. The number of anilines is 1. The summed E-state index contributed by atoms with van der Waals surface area (Å²) in [4.78, 5) is 22.7. The Balaban J connectivity index is 2.71. The Labute approximate surface area is 94.3 Å². The van der Waals surface area contributed by atoms with Crippen LogP contribution in [-0.2, 0) is 11.8 Å². The van der Waals surface area contributed by atoms with Crippen LogP contribution in [0.1, 0.15) is 20.3 Å². The number of nitrogens with one attached hydrogen (secondary N) is 1. The predicted molar refractivity (Wildman–Crippen MR) is 63.2 cm³/mol. The molecule has 1 rings (SSSR count). The first kappa shape index (κ1) is 12.4. The third-order valence-electron chi connectivity index (χ3n) is 1.99. The van der Waals surface area contributed by atoms with Gasteiger partial charge in [-0.25, -0.2) is 0 Å². The first-order valence-corrected chi connectivity index (χ1v) is 5.03. The lowest BCUT2D eigenvalue weighted by Gasteiger charge is -2.17. The lowest BCUT2D eigenvalue weighted by molar-refractivity contribution is -0.117. The third-order valence-corrected chi connectivity index (χ3v) is 1.99. The molecule has 1 aromatic heterocycles. The zero-order valence-electron chi connectivity index (χ0n) is 9.78. The Hall–Kier alpha value is -1.62. The van der Waals surface area contributed by atoms with Crippen LogP contribution in [0.2, 0.25) is 0 Å². The van der Waals surface area contributed by atoms with Gasteiger partial charge in [-0.15, -0.1) is 0 Å². The molecule has 0 radical (unpaired) electrons. The topological polar surface area (TPSA) is 77.1 Å². The second-order valence-corrected chi connectivity index (χ2v) is 4.58. The molecule has 1 amide bonds. The van der Waals surface area contributed by atoms with Crippen LogP contribution in [0, 0.1) is 0 Å². The lowest BCUT2D eigenvalue weighted by Crippen LogP contribution is -2.36. The van der Waals surface area contributed by atoms with E-state index >= 15 is 0 Å². The number of carbonyl (C=O) groups excluding carboxylic acids is 1. The molecule has 0 saturated carbocycles. The second-order valence-electron chi connectivity index (χ2n) is 4.58. The van der Waals surface area contributed by atoms with Gasteiger partial charge in [0.2, 0.25) is 11.5 Å². The van der Waals surface area contributed by atoms with E-state index in [1.54, 1.807) is 33.2 Å². The highest BCUT2D eigenvalue weighted by Gasteiger charge is 2.16. The van der Waals surface area contributed by atoms with Crippen molar-refractivity contribution < 1.29 is 4.79 Å². The normalized spacial score (nSPS) is 11.2. The molecule has 1 aromatic rings. The van der Waals surface area contributed by atoms with Gasteiger partial charge in [0.25, 0.3) is 0 Å². The molecule has 5 heteroatoms. The van der Waals surface area contributed by atoms with Crippen LogP contribution in [0.5, 0.6) is 0 Å². The van der Waals surface area contributed by atoms with Crippen molar-refractivity contribution in [3.05, 3.63) is 28.7 Å². The maximum Gasteiger partial charge on any atom is 0.250 e. The van der Waals surface area contributed by atoms with Gasteiger partial charge in [-0.1, -0.05) is 0 Å². The quantitative estimate of drug-likeness (QED) is 0.781. The van der Waals surface area contributed by atoms with Crippen molar-refractivity contribution in [2.75, 3.05) is 5.32 Å². The van der Waals surface area contributed by atoms with Gasteiger partial charge in [-0.2, -0.15) is 0 Å². The summed E-state index contributed by atoms with van der Waals surface area (Å²) < 4.78 is 1.41. The molecule has 0 unspecified atom stereocenters. The number of aryl methyl sites for hydroxylation is 1. The molecule has 3 N–H and O–H groups in total. The van der Waals surface area contributed by atoms with E-state index in [2.05, 4.69) is 5.32 Å². The SMILES string of the molecule is Cn1cc(NC(=O)CC(C)(C)N)ccc1=O. The van der Waals surface area contributed by atoms with E-state index < -0.39 is 5.54 Å². The zero-order valence-corrected chi connectivity index (χ0v) is 9.78. The fourth-order valence-electron chi connectivity index (χ4n) is 1.29. The minimum absolute atomic E-state index is 0.114. The summed E-state index contributed by atoms with van der Waals surface area (Å²) in [5.41, 5.74) is 5.67. The Morgan fingerprint density at radius 2 is 2.12 bits per heavy atom. The molecule has 0 fully saturated rings. The predicted octanol–water partition coefficient (Wildman–Crippen LogP) is 0.451. The van der Waals surface area contributed by atoms with E-state index in [0.717, 1.165) is 0 Å². The monoisotopic (exact) mass is 223 g/mol. The van der Waals surface area contributed by atoms with Crippen molar-refractivity contribution in [3.63, 3.8) is 0 Å². The summed E-state index contributed by atoms with van der Waals surface area (Å²) in [6.07, 6.45) is 1.81. The van der Waals surface area contributed by atoms with Gasteiger partial charge in [-0.3, -0.25) is 9.59 Å². The molecule has 16 heavy (non-hydrogen) atoms.